The average molecular weight is 281 g/mol. The van der Waals surface area contributed by atoms with Gasteiger partial charge < -0.3 is 5.11 Å². The molecule has 112 valence electrons. The second-order valence-corrected chi connectivity index (χ2v) is 5.17. The molecule has 1 unspecified atom stereocenters. The highest BCUT2D eigenvalue weighted by atomic mass is 16.4. The van der Waals surface area contributed by atoms with Gasteiger partial charge in [-0.3, -0.25) is 19.3 Å². The summed E-state index contributed by atoms with van der Waals surface area (Å²) in [5, 5.41) is 8.62. The van der Waals surface area contributed by atoms with Crippen LogP contribution in [0.25, 0.3) is 0 Å². The summed E-state index contributed by atoms with van der Waals surface area (Å²) in [4.78, 5) is 35.3. The van der Waals surface area contributed by atoms with Gasteiger partial charge in [0.15, 0.2) is 0 Å². The minimum absolute atomic E-state index is 0.0923. The van der Waals surface area contributed by atoms with Crippen molar-refractivity contribution in [3.63, 3.8) is 0 Å². The maximum Gasteiger partial charge on any atom is 0.303 e. The topological polar surface area (TPSA) is 74.7 Å². The van der Waals surface area contributed by atoms with Crippen LogP contribution in [0.3, 0.4) is 0 Å². The van der Waals surface area contributed by atoms with Gasteiger partial charge in [-0.2, -0.15) is 0 Å². The van der Waals surface area contributed by atoms with Crippen LogP contribution >= 0.6 is 0 Å². The highest BCUT2D eigenvalue weighted by Gasteiger charge is 2.30. The highest BCUT2D eigenvalue weighted by Crippen LogP contribution is 2.20. The molecule has 5 heteroatoms. The first-order chi connectivity index (χ1) is 9.56. The second-order valence-electron chi connectivity index (χ2n) is 5.17. The maximum absolute atomic E-state index is 11.7. The van der Waals surface area contributed by atoms with Crippen LogP contribution in [0.2, 0.25) is 0 Å². The van der Waals surface area contributed by atoms with E-state index in [1.165, 1.54) is 17.1 Å². The van der Waals surface area contributed by atoms with Gasteiger partial charge >= 0.3 is 5.97 Å². The first kappa shape index (κ1) is 16.4. The number of rotatable bonds is 10. The number of carboxylic acids is 1. The number of amides is 2. The van der Waals surface area contributed by atoms with E-state index >= 15 is 0 Å². The lowest BCUT2D eigenvalue weighted by Gasteiger charge is -2.26. The molecule has 20 heavy (non-hydrogen) atoms. The molecule has 1 atom stereocenters. The Balaban J connectivity index is 2.49. The molecule has 0 aromatic carbocycles. The summed E-state index contributed by atoms with van der Waals surface area (Å²) in [7, 11) is 0. The molecule has 0 aliphatic carbocycles. The van der Waals surface area contributed by atoms with Gasteiger partial charge in [0, 0.05) is 24.6 Å². The molecule has 0 saturated carbocycles. The fraction of sp³-hybridized carbons (Fsp3) is 0.667. The Morgan fingerprint density at radius 1 is 1.10 bits per heavy atom. The fourth-order valence-electron chi connectivity index (χ4n) is 2.46. The van der Waals surface area contributed by atoms with Gasteiger partial charge in [0.1, 0.15) is 0 Å². The number of hydrogen-bond acceptors (Lipinski definition) is 3. The Morgan fingerprint density at radius 3 is 2.15 bits per heavy atom. The summed E-state index contributed by atoms with van der Waals surface area (Å²) < 4.78 is 0. The molecule has 0 radical (unpaired) electrons. The number of carbonyl (C=O) groups excluding carboxylic acids is 2. The Morgan fingerprint density at radius 2 is 1.65 bits per heavy atom. The van der Waals surface area contributed by atoms with Crippen LogP contribution in [-0.2, 0) is 14.4 Å². The zero-order valence-corrected chi connectivity index (χ0v) is 12.0. The largest absolute Gasteiger partial charge is 0.481 e. The fourth-order valence-corrected chi connectivity index (χ4v) is 2.46. The van der Waals surface area contributed by atoms with Gasteiger partial charge in [-0.15, -0.1) is 0 Å². The Bertz CT molecular complexity index is 371. The minimum Gasteiger partial charge on any atom is -0.481 e. The van der Waals surface area contributed by atoms with Crippen molar-refractivity contribution in [3.8, 4) is 0 Å². The predicted octanol–water partition coefficient (Wildman–Crippen LogP) is 2.51. The first-order valence-electron chi connectivity index (χ1n) is 7.33. The lowest BCUT2D eigenvalue weighted by molar-refractivity contribution is -0.140. The van der Waals surface area contributed by atoms with E-state index in [2.05, 4.69) is 6.92 Å². The average Bonchev–Trinajstić information content (AvgIpc) is 2.72. The minimum atomic E-state index is -0.803. The summed E-state index contributed by atoms with van der Waals surface area (Å²) in [6, 6.07) is -0.0923. The van der Waals surface area contributed by atoms with Crippen molar-refractivity contribution in [1.29, 1.82) is 0 Å². The predicted molar refractivity (Wildman–Crippen MR) is 75.0 cm³/mol. The zero-order chi connectivity index (χ0) is 15.0. The van der Waals surface area contributed by atoms with Crippen molar-refractivity contribution in [2.45, 2.75) is 64.3 Å². The summed E-state index contributed by atoms with van der Waals surface area (Å²) in [5.74, 6) is -1.29. The van der Waals surface area contributed by atoms with Crippen LogP contribution in [0, 0.1) is 0 Å². The molecule has 1 heterocycles. The molecule has 0 spiro atoms. The van der Waals surface area contributed by atoms with Crippen molar-refractivity contribution in [3.05, 3.63) is 12.2 Å². The Hall–Kier alpha value is -1.65. The summed E-state index contributed by atoms with van der Waals surface area (Å²) in [5.41, 5.74) is 0. The monoisotopic (exact) mass is 281 g/mol. The van der Waals surface area contributed by atoms with Crippen molar-refractivity contribution >= 4 is 17.8 Å². The number of imide groups is 1. The summed E-state index contributed by atoms with van der Waals surface area (Å²) in [6.07, 6.45) is 8.72. The van der Waals surface area contributed by atoms with E-state index in [9.17, 15) is 14.4 Å². The lowest BCUT2D eigenvalue weighted by Crippen LogP contribution is -2.40. The van der Waals surface area contributed by atoms with Crippen LogP contribution in [-0.4, -0.2) is 33.8 Å². The smallest absolute Gasteiger partial charge is 0.303 e. The van der Waals surface area contributed by atoms with Gasteiger partial charge in [0.05, 0.1) is 0 Å². The van der Waals surface area contributed by atoms with Crippen LogP contribution in [0.5, 0.6) is 0 Å². The van der Waals surface area contributed by atoms with Crippen molar-refractivity contribution in [2.24, 2.45) is 0 Å². The first-order valence-corrected chi connectivity index (χ1v) is 7.33. The SMILES string of the molecule is CCCCCC(CCCCC(=O)O)N1C(=O)C=CC1=O. The van der Waals surface area contributed by atoms with Crippen molar-refractivity contribution in [1.82, 2.24) is 4.90 Å². The molecule has 1 rings (SSSR count). The molecule has 0 saturated heterocycles. The molecule has 2 amide bonds. The number of unbranched alkanes of at least 4 members (excludes halogenated alkanes) is 3. The number of aliphatic carboxylic acids is 1. The van der Waals surface area contributed by atoms with Crippen LogP contribution in [0.15, 0.2) is 12.2 Å². The Labute approximate surface area is 119 Å². The van der Waals surface area contributed by atoms with Gasteiger partial charge in [-0.1, -0.05) is 32.6 Å². The highest BCUT2D eigenvalue weighted by molar-refractivity contribution is 6.13. The number of nitrogens with zero attached hydrogens (tertiary/aromatic N) is 1. The molecular weight excluding hydrogens is 258 g/mol. The third-order valence-corrected chi connectivity index (χ3v) is 3.53. The van der Waals surface area contributed by atoms with E-state index in [-0.39, 0.29) is 24.3 Å². The van der Waals surface area contributed by atoms with E-state index in [1.54, 1.807) is 0 Å². The zero-order valence-electron chi connectivity index (χ0n) is 12.0. The molecular formula is C15H23NO4. The number of hydrogen-bond donors (Lipinski definition) is 1. The van der Waals surface area contributed by atoms with Gasteiger partial charge in [-0.25, -0.2) is 0 Å². The molecule has 0 aromatic rings. The molecule has 1 aliphatic heterocycles. The molecule has 1 N–H and O–H groups in total. The number of carbonyl (C=O) groups is 3. The quantitative estimate of drug-likeness (QED) is 0.493. The molecule has 1 aliphatic rings. The Kier molecular flexibility index (Phi) is 6.98. The van der Waals surface area contributed by atoms with E-state index < -0.39 is 5.97 Å². The maximum atomic E-state index is 11.7. The third kappa shape index (κ3) is 5.15. The van der Waals surface area contributed by atoms with Gasteiger partial charge in [0.25, 0.3) is 11.8 Å². The molecule has 0 aromatic heterocycles. The molecule has 0 fully saturated rings. The standard InChI is InChI=1S/C15H23NO4/c1-2-3-4-7-12(8-5-6-9-15(19)20)16-13(17)10-11-14(16)18/h10-12H,2-9H2,1H3,(H,19,20). The van der Waals surface area contributed by atoms with E-state index in [0.29, 0.717) is 12.8 Å². The normalized spacial score (nSPS) is 15.9. The summed E-state index contributed by atoms with van der Waals surface area (Å²) >= 11 is 0. The summed E-state index contributed by atoms with van der Waals surface area (Å²) in [6.45, 7) is 2.11. The van der Waals surface area contributed by atoms with Gasteiger partial charge in [0.2, 0.25) is 0 Å². The third-order valence-electron chi connectivity index (χ3n) is 3.53. The van der Waals surface area contributed by atoms with Crippen LogP contribution in [0.4, 0.5) is 0 Å². The van der Waals surface area contributed by atoms with E-state index in [4.69, 9.17) is 5.11 Å². The van der Waals surface area contributed by atoms with Gasteiger partial charge in [-0.05, 0) is 19.3 Å². The van der Waals surface area contributed by atoms with E-state index in [1.807, 2.05) is 0 Å². The van der Waals surface area contributed by atoms with Crippen LogP contribution < -0.4 is 0 Å². The number of carboxylic acid groups (broad SMARTS) is 1. The van der Waals surface area contributed by atoms with Crippen LogP contribution in [0.1, 0.15) is 58.3 Å². The van der Waals surface area contributed by atoms with Crippen molar-refractivity contribution in [2.75, 3.05) is 0 Å². The lowest BCUT2D eigenvalue weighted by atomic mass is 10.0. The van der Waals surface area contributed by atoms with E-state index in [0.717, 1.165) is 32.1 Å². The van der Waals surface area contributed by atoms with Crippen molar-refractivity contribution < 1.29 is 19.5 Å². The molecule has 5 nitrogen and oxygen atoms in total. The molecule has 0 bridgehead atoms. The second kappa shape index (κ2) is 8.51.